The summed E-state index contributed by atoms with van der Waals surface area (Å²) in [5.74, 6) is 0.751. The van der Waals surface area contributed by atoms with Crippen LogP contribution in [0.1, 0.15) is 55.1 Å². The number of primary sulfonamides is 1. The number of nitrogen functional groups attached to an aromatic ring is 1. The van der Waals surface area contributed by atoms with Crippen LogP contribution in [-0.2, 0) is 35.8 Å². The second-order valence-electron chi connectivity index (χ2n) is 8.37. The molecule has 2 heterocycles. The number of benzene rings is 1. The van der Waals surface area contributed by atoms with Crippen molar-refractivity contribution in [1.82, 2.24) is 19.5 Å². The van der Waals surface area contributed by atoms with Gasteiger partial charge in [-0.3, -0.25) is 0 Å². The highest BCUT2D eigenvalue weighted by Gasteiger charge is 2.20. The third kappa shape index (κ3) is 4.88. The summed E-state index contributed by atoms with van der Waals surface area (Å²) < 4.78 is 39.9. The van der Waals surface area contributed by atoms with E-state index >= 15 is 0 Å². The maximum atomic E-state index is 13.9. The number of nitrogens with zero attached hydrogens (tertiary/aromatic N) is 4. The second kappa shape index (κ2) is 9.18. The van der Waals surface area contributed by atoms with Crippen LogP contribution in [0.5, 0.6) is 0 Å². The van der Waals surface area contributed by atoms with Crippen LogP contribution in [0.4, 0.5) is 10.2 Å². The zero-order valence-corrected chi connectivity index (χ0v) is 20.8. The molecular formula is C21H26FIN6O2S. The van der Waals surface area contributed by atoms with Gasteiger partial charge in [-0.05, 0) is 84.4 Å². The van der Waals surface area contributed by atoms with Gasteiger partial charge < -0.3 is 10.3 Å². The summed E-state index contributed by atoms with van der Waals surface area (Å²) in [4.78, 5) is 12.2. The quantitative estimate of drug-likeness (QED) is 0.243. The molecule has 1 aliphatic carbocycles. The third-order valence-electron chi connectivity index (χ3n) is 6.09. The van der Waals surface area contributed by atoms with Crippen LogP contribution < -0.4 is 10.9 Å². The Morgan fingerprint density at radius 2 is 1.91 bits per heavy atom. The molecule has 0 radical (unpaired) electrons. The van der Waals surface area contributed by atoms with Gasteiger partial charge >= 0.3 is 6.08 Å². The number of fused-ring (bicyclic) bond motifs is 2. The Morgan fingerprint density at radius 3 is 2.62 bits per heavy atom. The smallest absolute Gasteiger partial charge is 0.312 e. The Morgan fingerprint density at radius 1 is 1.19 bits per heavy atom. The molecule has 4 rings (SSSR count). The monoisotopic (exact) mass is 572 g/mol. The summed E-state index contributed by atoms with van der Waals surface area (Å²) in [5, 5.41) is 4.60. The molecule has 1 unspecified atom stereocenters. The van der Waals surface area contributed by atoms with Crippen LogP contribution in [0.25, 0.3) is 11.2 Å². The summed E-state index contributed by atoms with van der Waals surface area (Å²) in [5.41, 5.74) is 10.6. The molecule has 0 aliphatic heterocycles. The van der Waals surface area contributed by atoms with E-state index in [1.165, 1.54) is 21.1 Å². The highest BCUT2D eigenvalue weighted by Crippen LogP contribution is 2.29. The van der Waals surface area contributed by atoms with Gasteiger partial charge in [-0.1, -0.05) is 12.5 Å². The van der Waals surface area contributed by atoms with Gasteiger partial charge in [0, 0.05) is 16.5 Å². The van der Waals surface area contributed by atoms with Crippen molar-refractivity contribution in [1.29, 1.82) is 0 Å². The highest BCUT2D eigenvalue weighted by atomic mass is 127. The van der Waals surface area contributed by atoms with Crippen molar-refractivity contribution in [3.8, 4) is 0 Å². The molecule has 172 valence electrons. The molecule has 1 atom stereocenters. The van der Waals surface area contributed by atoms with Gasteiger partial charge in [-0.25, -0.2) is 18.5 Å². The lowest BCUT2D eigenvalue weighted by molar-refractivity contribution is 0.533. The summed E-state index contributed by atoms with van der Waals surface area (Å²) in [6.45, 7) is 2.12. The van der Waals surface area contributed by atoms with E-state index in [1.807, 2.05) is 4.57 Å². The first-order chi connectivity index (χ1) is 15.1. The number of aromatic nitrogens is 4. The standard InChI is InChI=1S/C21H26FIN6O2S/c1-12(32(25,30)31)5-2-3-8-29-17(26-18-19(24)27-21(22)28-20(18)29)11-15-9-13-6-4-7-14(13)10-16(15)23/h9-10,12H,2-8,11H2,1H3,(H2,24,27,28)(H2,25,30,31). The van der Waals surface area contributed by atoms with Crippen LogP contribution in [0.15, 0.2) is 12.1 Å². The first kappa shape index (κ1) is 23.3. The molecule has 0 saturated carbocycles. The molecule has 1 aliphatic rings. The molecule has 2 aromatic heterocycles. The fourth-order valence-corrected chi connectivity index (χ4v) is 5.44. The molecule has 0 fully saturated rings. The molecule has 0 amide bonds. The number of hydrogen-bond donors (Lipinski definition) is 2. The second-order valence-corrected chi connectivity index (χ2v) is 11.5. The first-order valence-corrected chi connectivity index (χ1v) is 13.3. The van der Waals surface area contributed by atoms with Crippen molar-refractivity contribution in [3.63, 3.8) is 0 Å². The van der Waals surface area contributed by atoms with Crippen molar-refractivity contribution < 1.29 is 12.8 Å². The number of nitrogens with two attached hydrogens (primary N) is 2. The Hall–Kier alpha value is -1.86. The van der Waals surface area contributed by atoms with Crippen LogP contribution in [-0.4, -0.2) is 33.2 Å². The SMILES string of the molecule is CC(CCCCn1c(Cc2cc3c(cc2I)CCC3)nc2c(N)nc(F)nc21)S(N)(=O)=O. The largest absolute Gasteiger partial charge is 0.382 e. The Balaban J connectivity index is 1.63. The van der Waals surface area contributed by atoms with Crippen molar-refractivity contribution in [2.75, 3.05) is 5.73 Å². The fraction of sp³-hybridized carbons (Fsp3) is 0.476. The highest BCUT2D eigenvalue weighted by molar-refractivity contribution is 14.1. The molecule has 0 saturated heterocycles. The molecule has 8 nitrogen and oxygen atoms in total. The molecular weight excluding hydrogens is 546 g/mol. The lowest BCUT2D eigenvalue weighted by Gasteiger charge is -2.12. The van der Waals surface area contributed by atoms with Gasteiger partial charge in [0.2, 0.25) is 10.0 Å². The maximum Gasteiger partial charge on any atom is 0.312 e. The number of sulfonamides is 1. The molecule has 0 spiro atoms. The molecule has 4 N–H and O–H groups in total. The zero-order valence-electron chi connectivity index (χ0n) is 17.8. The summed E-state index contributed by atoms with van der Waals surface area (Å²) in [6.07, 6.45) is 4.83. The Labute approximate surface area is 200 Å². The summed E-state index contributed by atoms with van der Waals surface area (Å²) >= 11 is 2.35. The van der Waals surface area contributed by atoms with Crippen molar-refractivity contribution in [2.24, 2.45) is 5.14 Å². The van der Waals surface area contributed by atoms with Crippen LogP contribution in [0, 0.1) is 9.65 Å². The lowest BCUT2D eigenvalue weighted by atomic mass is 10.0. The molecule has 3 aromatic rings. The van der Waals surface area contributed by atoms with Crippen LogP contribution in [0.2, 0.25) is 0 Å². The predicted octanol–water partition coefficient (Wildman–Crippen LogP) is 3.08. The minimum atomic E-state index is -3.55. The maximum absolute atomic E-state index is 13.9. The number of imidazole rings is 1. The zero-order chi connectivity index (χ0) is 23.0. The van der Waals surface area contributed by atoms with Gasteiger partial charge in [0.1, 0.15) is 5.82 Å². The molecule has 32 heavy (non-hydrogen) atoms. The number of rotatable bonds is 8. The van der Waals surface area contributed by atoms with Gasteiger partial charge in [0.15, 0.2) is 17.0 Å². The minimum Gasteiger partial charge on any atom is -0.382 e. The Kier molecular flexibility index (Phi) is 6.68. The van der Waals surface area contributed by atoms with Crippen molar-refractivity contribution in [2.45, 2.75) is 63.7 Å². The van der Waals surface area contributed by atoms with E-state index in [9.17, 15) is 12.8 Å². The fourth-order valence-electron chi connectivity index (χ4n) is 4.23. The third-order valence-corrected chi connectivity index (χ3v) is 8.45. The summed E-state index contributed by atoms with van der Waals surface area (Å²) in [6, 6.07) is 4.49. The van der Waals surface area contributed by atoms with E-state index in [0.29, 0.717) is 43.4 Å². The topological polar surface area (TPSA) is 130 Å². The van der Waals surface area contributed by atoms with Crippen LogP contribution >= 0.6 is 22.6 Å². The number of halogens is 2. The first-order valence-electron chi connectivity index (χ1n) is 10.6. The predicted molar refractivity (Wildman–Crippen MR) is 130 cm³/mol. The van der Waals surface area contributed by atoms with Crippen LogP contribution in [0.3, 0.4) is 0 Å². The number of anilines is 1. The number of hydrogen-bond acceptors (Lipinski definition) is 6. The van der Waals surface area contributed by atoms with E-state index in [0.717, 1.165) is 24.2 Å². The van der Waals surface area contributed by atoms with Crippen molar-refractivity contribution >= 4 is 49.6 Å². The van der Waals surface area contributed by atoms with E-state index in [-0.39, 0.29) is 5.82 Å². The van der Waals surface area contributed by atoms with Gasteiger partial charge in [-0.2, -0.15) is 14.4 Å². The number of aryl methyl sites for hydroxylation is 3. The lowest BCUT2D eigenvalue weighted by Crippen LogP contribution is -2.25. The molecule has 1 aromatic carbocycles. The van der Waals surface area contributed by atoms with E-state index in [4.69, 9.17) is 10.9 Å². The molecule has 0 bridgehead atoms. The van der Waals surface area contributed by atoms with Gasteiger partial charge in [0.05, 0.1) is 5.25 Å². The minimum absolute atomic E-state index is 0.0130. The van der Waals surface area contributed by atoms with Gasteiger partial charge in [0.25, 0.3) is 0 Å². The number of unbranched alkanes of at least 4 members (excludes halogenated alkanes) is 1. The van der Waals surface area contributed by atoms with Crippen molar-refractivity contribution in [3.05, 3.63) is 44.3 Å². The van der Waals surface area contributed by atoms with Gasteiger partial charge in [-0.15, -0.1) is 0 Å². The average molecular weight is 572 g/mol. The van der Waals surface area contributed by atoms with E-state index < -0.39 is 21.4 Å². The van der Waals surface area contributed by atoms with E-state index in [1.54, 1.807) is 6.92 Å². The normalized spacial score (nSPS) is 14.8. The van der Waals surface area contributed by atoms with E-state index in [2.05, 4.69) is 49.7 Å². The molecule has 11 heteroatoms. The summed E-state index contributed by atoms with van der Waals surface area (Å²) in [7, 11) is -3.55. The average Bonchev–Trinajstić information content (AvgIpc) is 3.29. The Bertz CT molecular complexity index is 1280.